The van der Waals surface area contributed by atoms with Gasteiger partial charge in [0.1, 0.15) is 5.82 Å². The lowest BCUT2D eigenvalue weighted by Crippen LogP contribution is -2.14. The number of hydrogen-bond acceptors (Lipinski definition) is 3. The first-order chi connectivity index (χ1) is 10.5. The van der Waals surface area contributed by atoms with Gasteiger partial charge < -0.3 is 15.3 Å². The third-order valence-corrected chi connectivity index (χ3v) is 4.68. The molecule has 2 aromatic carbocycles. The largest absolute Gasteiger partial charge is 0.393 e. The average molecular weight is 304 g/mol. The van der Waals surface area contributed by atoms with Crippen LogP contribution in [0.1, 0.15) is 37.4 Å². The van der Waals surface area contributed by atoms with Crippen molar-refractivity contribution in [3.05, 3.63) is 47.8 Å². The van der Waals surface area contributed by atoms with Crippen molar-refractivity contribution in [1.29, 1.82) is 0 Å². The summed E-state index contributed by atoms with van der Waals surface area (Å²) in [6.07, 6.45) is 0.530. The lowest BCUT2D eigenvalue weighted by Gasteiger charge is -2.17. The Morgan fingerprint density at radius 3 is 2.68 bits per heavy atom. The number of fused-ring (bicyclic) bond motifs is 1. The lowest BCUT2D eigenvalue weighted by atomic mass is 9.94. The maximum atomic E-state index is 13.8. The molecule has 0 heterocycles. The number of halogens is 1. The molecule has 0 radical (unpaired) electrons. The van der Waals surface area contributed by atoms with E-state index in [-0.39, 0.29) is 11.7 Å². The molecule has 0 aliphatic heterocycles. The summed E-state index contributed by atoms with van der Waals surface area (Å²) in [4.78, 5) is 0. The SMILES string of the molecule is OC(CCC1C[C@@H](O)C[C@H]1O)c1ccc2cccc(F)c2c1. The predicted molar refractivity (Wildman–Crippen MR) is 82.8 cm³/mol. The van der Waals surface area contributed by atoms with Gasteiger partial charge in [0, 0.05) is 5.39 Å². The van der Waals surface area contributed by atoms with Gasteiger partial charge in [-0.25, -0.2) is 4.39 Å². The molecule has 1 aliphatic carbocycles. The van der Waals surface area contributed by atoms with Crippen LogP contribution in [0.3, 0.4) is 0 Å². The van der Waals surface area contributed by atoms with E-state index in [0.29, 0.717) is 36.6 Å². The van der Waals surface area contributed by atoms with Crippen LogP contribution in [0.5, 0.6) is 0 Å². The fraction of sp³-hybridized carbons (Fsp3) is 0.444. The summed E-state index contributed by atoms with van der Waals surface area (Å²) >= 11 is 0. The monoisotopic (exact) mass is 304 g/mol. The Hall–Kier alpha value is -1.49. The number of benzene rings is 2. The highest BCUT2D eigenvalue weighted by molar-refractivity contribution is 5.83. The van der Waals surface area contributed by atoms with Crippen LogP contribution in [0.2, 0.25) is 0 Å². The Bertz CT molecular complexity index is 658. The maximum absolute atomic E-state index is 13.8. The third kappa shape index (κ3) is 3.14. The van der Waals surface area contributed by atoms with E-state index in [1.165, 1.54) is 6.07 Å². The van der Waals surface area contributed by atoms with E-state index < -0.39 is 18.3 Å². The van der Waals surface area contributed by atoms with E-state index in [9.17, 15) is 19.7 Å². The van der Waals surface area contributed by atoms with Gasteiger partial charge in [-0.15, -0.1) is 0 Å². The molecule has 4 heteroatoms. The van der Waals surface area contributed by atoms with Crippen molar-refractivity contribution < 1.29 is 19.7 Å². The number of rotatable bonds is 4. The summed E-state index contributed by atoms with van der Waals surface area (Å²) in [7, 11) is 0. The number of aliphatic hydroxyl groups is 3. The number of hydrogen-bond donors (Lipinski definition) is 3. The van der Waals surface area contributed by atoms with Crippen molar-refractivity contribution in [3.8, 4) is 0 Å². The maximum Gasteiger partial charge on any atom is 0.131 e. The molecular weight excluding hydrogens is 283 g/mol. The quantitative estimate of drug-likeness (QED) is 0.814. The zero-order valence-electron chi connectivity index (χ0n) is 12.3. The van der Waals surface area contributed by atoms with Crippen LogP contribution in [0.4, 0.5) is 4.39 Å². The van der Waals surface area contributed by atoms with Crippen LogP contribution < -0.4 is 0 Å². The molecule has 4 atom stereocenters. The van der Waals surface area contributed by atoms with Gasteiger partial charge in [0.2, 0.25) is 0 Å². The Balaban J connectivity index is 1.70. The molecule has 3 rings (SSSR count). The summed E-state index contributed by atoms with van der Waals surface area (Å²) in [5.74, 6) is -0.261. The zero-order valence-corrected chi connectivity index (χ0v) is 12.3. The second kappa shape index (κ2) is 6.32. The fourth-order valence-corrected chi connectivity index (χ4v) is 3.38. The molecule has 3 N–H and O–H groups in total. The van der Waals surface area contributed by atoms with Gasteiger partial charge in [0.25, 0.3) is 0 Å². The smallest absolute Gasteiger partial charge is 0.131 e. The minimum Gasteiger partial charge on any atom is -0.393 e. The summed E-state index contributed by atoms with van der Waals surface area (Å²) in [6.45, 7) is 0. The van der Waals surface area contributed by atoms with E-state index >= 15 is 0 Å². The Labute approximate surface area is 129 Å². The van der Waals surface area contributed by atoms with Gasteiger partial charge in [-0.05, 0) is 54.7 Å². The van der Waals surface area contributed by atoms with Crippen LogP contribution in [0.15, 0.2) is 36.4 Å². The molecule has 1 fully saturated rings. The highest BCUT2D eigenvalue weighted by Crippen LogP contribution is 2.33. The van der Waals surface area contributed by atoms with Crippen LogP contribution in [0, 0.1) is 11.7 Å². The molecule has 1 saturated carbocycles. The summed E-state index contributed by atoms with van der Waals surface area (Å²) in [6, 6.07) is 10.2. The Morgan fingerprint density at radius 1 is 1.14 bits per heavy atom. The highest BCUT2D eigenvalue weighted by atomic mass is 19.1. The molecule has 22 heavy (non-hydrogen) atoms. The van der Waals surface area contributed by atoms with Crippen LogP contribution in [0.25, 0.3) is 10.8 Å². The van der Waals surface area contributed by atoms with Gasteiger partial charge in [-0.1, -0.05) is 24.3 Å². The minimum atomic E-state index is -0.686. The predicted octanol–water partition coefficient (Wildman–Crippen LogP) is 2.92. The van der Waals surface area contributed by atoms with Crippen LogP contribution in [-0.2, 0) is 0 Å². The molecule has 1 aliphatic rings. The molecule has 2 unspecified atom stereocenters. The van der Waals surface area contributed by atoms with Crippen molar-refractivity contribution in [2.24, 2.45) is 5.92 Å². The van der Waals surface area contributed by atoms with Crippen molar-refractivity contribution >= 4 is 10.8 Å². The van der Waals surface area contributed by atoms with Crippen molar-refractivity contribution in [2.45, 2.75) is 44.0 Å². The standard InChI is InChI=1S/C18H21FO3/c19-16-3-1-2-11-4-5-13(9-15(11)16)17(21)7-6-12-8-14(20)10-18(12)22/h1-5,9,12,14,17-18,20-22H,6-8,10H2/t12?,14-,17?,18-/m1/s1. The van der Waals surface area contributed by atoms with E-state index in [0.717, 1.165) is 5.39 Å². The molecule has 0 spiro atoms. The van der Waals surface area contributed by atoms with Crippen LogP contribution in [-0.4, -0.2) is 27.5 Å². The highest BCUT2D eigenvalue weighted by Gasteiger charge is 2.31. The first kappa shape index (κ1) is 15.4. The molecule has 0 bridgehead atoms. The van der Waals surface area contributed by atoms with Crippen LogP contribution >= 0.6 is 0 Å². The van der Waals surface area contributed by atoms with Crippen molar-refractivity contribution in [2.75, 3.05) is 0 Å². The Morgan fingerprint density at radius 2 is 1.95 bits per heavy atom. The zero-order chi connectivity index (χ0) is 15.7. The van der Waals surface area contributed by atoms with Crippen molar-refractivity contribution in [3.63, 3.8) is 0 Å². The van der Waals surface area contributed by atoms with E-state index in [1.54, 1.807) is 12.1 Å². The fourth-order valence-electron chi connectivity index (χ4n) is 3.38. The molecule has 2 aromatic rings. The van der Waals surface area contributed by atoms with Crippen molar-refractivity contribution in [1.82, 2.24) is 0 Å². The van der Waals surface area contributed by atoms with E-state index in [1.807, 2.05) is 18.2 Å². The molecule has 0 amide bonds. The number of aliphatic hydroxyl groups excluding tert-OH is 3. The molecule has 118 valence electrons. The van der Waals surface area contributed by atoms with E-state index in [2.05, 4.69) is 0 Å². The Kier molecular flexibility index (Phi) is 4.43. The lowest BCUT2D eigenvalue weighted by molar-refractivity contribution is 0.102. The van der Waals surface area contributed by atoms with Gasteiger partial charge in [0.05, 0.1) is 18.3 Å². The second-order valence-electron chi connectivity index (χ2n) is 6.27. The van der Waals surface area contributed by atoms with Gasteiger partial charge >= 0.3 is 0 Å². The van der Waals surface area contributed by atoms with Gasteiger partial charge in [-0.3, -0.25) is 0 Å². The van der Waals surface area contributed by atoms with E-state index in [4.69, 9.17) is 0 Å². The first-order valence-corrected chi connectivity index (χ1v) is 7.77. The molecular formula is C18H21FO3. The third-order valence-electron chi connectivity index (χ3n) is 4.68. The summed E-state index contributed by atoms with van der Waals surface area (Å²) in [5.41, 5.74) is 0.686. The summed E-state index contributed by atoms with van der Waals surface area (Å²) < 4.78 is 13.8. The average Bonchev–Trinajstić information content (AvgIpc) is 2.83. The minimum absolute atomic E-state index is 0.0295. The molecule has 3 nitrogen and oxygen atoms in total. The summed E-state index contributed by atoms with van der Waals surface area (Å²) in [5, 5.41) is 31.0. The molecule has 0 saturated heterocycles. The first-order valence-electron chi connectivity index (χ1n) is 7.77. The van der Waals surface area contributed by atoms with Gasteiger partial charge in [0.15, 0.2) is 0 Å². The second-order valence-corrected chi connectivity index (χ2v) is 6.27. The topological polar surface area (TPSA) is 60.7 Å². The normalized spacial score (nSPS) is 26.5. The molecule has 0 aromatic heterocycles. The van der Waals surface area contributed by atoms with Gasteiger partial charge in [-0.2, -0.15) is 0 Å².